The van der Waals surface area contributed by atoms with E-state index < -0.39 is 0 Å². The summed E-state index contributed by atoms with van der Waals surface area (Å²) in [5.74, 6) is 1.18. The number of ether oxygens (including phenoxy) is 1. The number of hydrogen-bond acceptors (Lipinski definition) is 4. The summed E-state index contributed by atoms with van der Waals surface area (Å²) in [5, 5.41) is 3.03. The molecule has 2 aromatic rings. The molecule has 1 aliphatic heterocycles. The first-order chi connectivity index (χ1) is 13.2. The molecule has 1 saturated heterocycles. The standard InChI is InChI=1S/C21H26N2O4/c1-26-18-8-6-16(7-9-18)4-2-12-22-20(24)17-10-13-23(14-11-17)21(25)19-5-3-15-27-19/h3,5-9,15,17H,2,4,10-14H2,1H3,(H,22,24). The van der Waals surface area contributed by atoms with Gasteiger partial charge in [0.25, 0.3) is 5.91 Å². The molecule has 6 nitrogen and oxygen atoms in total. The molecule has 2 heterocycles. The number of benzene rings is 1. The monoisotopic (exact) mass is 370 g/mol. The van der Waals surface area contributed by atoms with E-state index >= 15 is 0 Å². The third-order valence-electron chi connectivity index (χ3n) is 4.99. The van der Waals surface area contributed by atoms with Crippen LogP contribution in [0.2, 0.25) is 0 Å². The lowest BCUT2D eigenvalue weighted by molar-refractivity contribution is -0.126. The van der Waals surface area contributed by atoms with Crippen molar-refractivity contribution < 1.29 is 18.7 Å². The molecular formula is C21H26N2O4. The first-order valence-electron chi connectivity index (χ1n) is 9.41. The highest BCUT2D eigenvalue weighted by Crippen LogP contribution is 2.19. The average molecular weight is 370 g/mol. The number of nitrogens with one attached hydrogen (secondary N) is 1. The molecule has 0 unspecified atom stereocenters. The second-order valence-corrected chi connectivity index (χ2v) is 6.79. The summed E-state index contributed by atoms with van der Waals surface area (Å²) in [7, 11) is 1.65. The molecule has 0 aliphatic carbocycles. The van der Waals surface area contributed by atoms with Gasteiger partial charge in [0, 0.05) is 25.6 Å². The maximum atomic E-state index is 12.3. The van der Waals surface area contributed by atoms with E-state index in [9.17, 15) is 9.59 Å². The maximum Gasteiger partial charge on any atom is 0.289 e. The Kier molecular flexibility index (Phi) is 6.52. The van der Waals surface area contributed by atoms with Gasteiger partial charge in [-0.1, -0.05) is 12.1 Å². The van der Waals surface area contributed by atoms with Crippen molar-refractivity contribution in [1.82, 2.24) is 10.2 Å². The van der Waals surface area contributed by atoms with E-state index in [1.165, 1.54) is 11.8 Å². The van der Waals surface area contributed by atoms with Crippen LogP contribution in [0.15, 0.2) is 47.1 Å². The van der Waals surface area contributed by atoms with Crippen molar-refractivity contribution in [1.29, 1.82) is 0 Å². The minimum absolute atomic E-state index is 0.0216. The lowest BCUT2D eigenvalue weighted by Gasteiger charge is -2.30. The molecule has 0 bridgehead atoms. The zero-order valence-corrected chi connectivity index (χ0v) is 15.6. The van der Waals surface area contributed by atoms with Crippen molar-refractivity contribution in [3.8, 4) is 5.75 Å². The molecule has 1 fully saturated rings. The van der Waals surface area contributed by atoms with Crippen molar-refractivity contribution in [2.45, 2.75) is 25.7 Å². The molecule has 1 aromatic heterocycles. The number of nitrogens with zero attached hydrogens (tertiary/aromatic N) is 1. The molecule has 0 spiro atoms. The minimum Gasteiger partial charge on any atom is -0.497 e. The molecule has 3 rings (SSSR count). The molecule has 1 aliphatic rings. The van der Waals surface area contributed by atoms with Gasteiger partial charge in [0.05, 0.1) is 13.4 Å². The molecular weight excluding hydrogens is 344 g/mol. The number of furan rings is 1. The van der Waals surface area contributed by atoms with Gasteiger partial charge in [-0.05, 0) is 55.5 Å². The van der Waals surface area contributed by atoms with Gasteiger partial charge in [0.15, 0.2) is 5.76 Å². The van der Waals surface area contributed by atoms with Crippen molar-refractivity contribution in [3.63, 3.8) is 0 Å². The van der Waals surface area contributed by atoms with Crippen LogP contribution in [-0.4, -0.2) is 43.5 Å². The van der Waals surface area contributed by atoms with E-state index in [1.54, 1.807) is 24.1 Å². The molecule has 2 amide bonds. The van der Waals surface area contributed by atoms with Gasteiger partial charge in [-0.2, -0.15) is 0 Å². The van der Waals surface area contributed by atoms with Gasteiger partial charge < -0.3 is 19.4 Å². The lowest BCUT2D eigenvalue weighted by Crippen LogP contribution is -2.43. The smallest absolute Gasteiger partial charge is 0.289 e. The van der Waals surface area contributed by atoms with E-state index in [4.69, 9.17) is 9.15 Å². The van der Waals surface area contributed by atoms with Crippen molar-refractivity contribution >= 4 is 11.8 Å². The number of carbonyl (C=O) groups is 2. The number of amides is 2. The second-order valence-electron chi connectivity index (χ2n) is 6.79. The normalized spacial score (nSPS) is 14.8. The van der Waals surface area contributed by atoms with Gasteiger partial charge in [-0.3, -0.25) is 9.59 Å². The quantitative estimate of drug-likeness (QED) is 0.761. The van der Waals surface area contributed by atoms with Gasteiger partial charge in [0.2, 0.25) is 5.91 Å². The van der Waals surface area contributed by atoms with E-state index in [2.05, 4.69) is 5.32 Å². The van der Waals surface area contributed by atoms with Crippen molar-refractivity contribution in [3.05, 3.63) is 54.0 Å². The van der Waals surface area contributed by atoms with Crippen LogP contribution in [0, 0.1) is 5.92 Å². The molecule has 0 atom stereocenters. The number of methoxy groups -OCH3 is 1. The molecule has 1 N–H and O–H groups in total. The summed E-state index contributed by atoms with van der Waals surface area (Å²) in [4.78, 5) is 26.4. The Balaban J connectivity index is 1.35. The summed E-state index contributed by atoms with van der Waals surface area (Å²) in [6.07, 6.45) is 4.70. The van der Waals surface area contributed by atoms with Crippen LogP contribution < -0.4 is 10.1 Å². The zero-order valence-electron chi connectivity index (χ0n) is 15.6. The Morgan fingerprint density at radius 3 is 2.56 bits per heavy atom. The maximum absolute atomic E-state index is 12.3. The van der Waals surface area contributed by atoms with Gasteiger partial charge in [-0.15, -0.1) is 0 Å². The number of aryl methyl sites for hydroxylation is 1. The van der Waals surface area contributed by atoms with Crippen LogP contribution in [-0.2, 0) is 11.2 Å². The van der Waals surface area contributed by atoms with Crippen LogP contribution in [0.5, 0.6) is 5.75 Å². The predicted molar refractivity (Wildman–Crippen MR) is 102 cm³/mol. The van der Waals surface area contributed by atoms with Crippen LogP contribution in [0.3, 0.4) is 0 Å². The van der Waals surface area contributed by atoms with E-state index in [0.717, 1.165) is 18.6 Å². The first-order valence-corrected chi connectivity index (χ1v) is 9.41. The first kappa shape index (κ1) is 19.0. The third-order valence-corrected chi connectivity index (χ3v) is 4.99. The van der Waals surface area contributed by atoms with Crippen LogP contribution in [0.25, 0.3) is 0 Å². The molecule has 6 heteroatoms. The molecule has 1 aromatic carbocycles. The van der Waals surface area contributed by atoms with Crippen molar-refractivity contribution in [2.75, 3.05) is 26.7 Å². The average Bonchev–Trinajstić information content (AvgIpc) is 3.26. The SMILES string of the molecule is COc1ccc(CCCNC(=O)C2CCN(C(=O)c3ccco3)CC2)cc1. The number of rotatable bonds is 7. The number of hydrogen-bond donors (Lipinski definition) is 1. The van der Waals surface area contributed by atoms with Crippen molar-refractivity contribution in [2.24, 2.45) is 5.92 Å². The molecule has 0 saturated carbocycles. The zero-order chi connectivity index (χ0) is 19.1. The Hall–Kier alpha value is -2.76. The summed E-state index contributed by atoms with van der Waals surface area (Å²) in [6.45, 7) is 1.84. The molecule has 27 heavy (non-hydrogen) atoms. The lowest BCUT2D eigenvalue weighted by atomic mass is 9.95. The molecule has 144 valence electrons. The highest BCUT2D eigenvalue weighted by Gasteiger charge is 2.28. The Bertz CT molecular complexity index is 732. The van der Waals surface area contributed by atoms with Crippen LogP contribution in [0.1, 0.15) is 35.4 Å². The van der Waals surface area contributed by atoms with E-state index in [-0.39, 0.29) is 17.7 Å². The van der Waals surface area contributed by atoms with Gasteiger partial charge >= 0.3 is 0 Å². The predicted octanol–water partition coefficient (Wildman–Crippen LogP) is 2.89. The largest absolute Gasteiger partial charge is 0.497 e. The Labute approximate surface area is 159 Å². The summed E-state index contributed by atoms with van der Waals surface area (Å²) < 4.78 is 10.3. The molecule has 0 radical (unpaired) electrons. The third kappa shape index (κ3) is 5.12. The minimum atomic E-state index is -0.0988. The topological polar surface area (TPSA) is 71.8 Å². The number of carbonyl (C=O) groups excluding carboxylic acids is 2. The van der Waals surface area contributed by atoms with E-state index in [0.29, 0.717) is 38.2 Å². The summed E-state index contributed by atoms with van der Waals surface area (Å²) >= 11 is 0. The summed E-state index contributed by atoms with van der Waals surface area (Å²) in [5.41, 5.74) is 1.23. The number of likely N-dealkylation sites (tertiary alicyclic amines) is 1. The van der Waals surface area contributed by atoms with Gasteiger partial charge in [-0.25, -0.2) is 0 Å². The highest BCUT2D eigenvalue weighted by atomic mass is 16.5. The van der Waals surface area contributed by atoms with Crippen LogP contribution in [0.4, 0.5) is 0 Å². The van der Waals surface area contributed by atoms with Crippen LogP contribution >= 0.6 is 0 Å². The highest BCUT2D eigenvalue weighted by molar-refractivity contribution is 5.91. The second kappa shape index (κ2) is 9.26. The summed E-state index contributed by atoms with van der Waals surface area (Å²) in [6, 6.07) is 11.4. The Morgan fingerprint density at radius 1 is 1.19 bits per heavy atom. The van der Waals surface area contributed by atoms with E-state index in [1.807, 2.05) is 24.3 Å². The Morgan fingerprint density at radius 2 is 1.93 bits per heavy atom. The fourth-order valence-corrected chi connectivity index (χ4v) is 3.34. The fourth-order valence-electron chi connectivity index (χ4n) is 3.34. The fraction of sp³-hybridized carbons (Fsp3) is 0.429. The number of piperidine rings is 1. The van der Waals surface area contributed by atoms with Gasteiger partial charge in [0.1, 0.15) is 5.75 Å².